The van der Waals surface area contributed by atoms with Crippen molar-refractivity contribution in [3.63, 3.8) is 0 Å². The van der Waals surface area contributed by atoms with Gasteiger partial charge < -0.3 is 9.84 Å². The molecule has 0 bridgehead atoms. The van der Waals surface area contributed by atoms with E-state index in [2.05, 4.69) is 0 Å². The molecule has 0 saturated carbocycles. The highest BCUT2D eigenvalue weighted by molar-refractivity contribution is 6.18. The van der Waals surface area contributed by atoms with Crippen molar-refractivity contribution < 1.29 is 19.4 Å². The molecule has 0 aromatic carbocycles. The summed E-state index contributed by atoms with van der Waals surface area (Å²) in [6, 6.07) is 0. The number of Topliss-reactive ketones (excluding diaryl/α,β-unsaturated/α-hetero) is 1. The molecule has 5 heteroatoms. The highest BCUT2D eigenvalue weighted by Crippen LogP contribution is 2.09. The van der Waals surface area contributed by atoms with E-state index < -0.39 is 23.5 Å². The number of alkyl halides is 1. The molecule has 0 aliphatic rings. The van der Waals surface area contributed by atoms with E-state index >= 15 is 0 Å². The molecule has 0 aliphatic carbocycles. The number of ketones is 1. The van der Waals surface area contributed by atoms with Crippen molar-refractivity contribution in [1.29, 1.82) is 0 Å². The summed E-state index contributed by atoms with van der Waals surface area (Å²) in [7, 11) is 0. The normalized spacial score (nSPS) is 13.4. The first-order valence-electron chi connectivity index (χ1n) is 4.77. The number of carbonyl (C=O) groups is 2. The van der Waals surface area contributed by atoms with Crippen LogP contribution in [0.3, 0.4) is 0 Å². The predicted molar refractivity (Wildman–Crippen MR) is 56.8 cm³/mol. The summed E-state index contributed by atoms with van der Waals surface area (Å²) < 4.78 is 4.86. The van der Waals surface area contributed by atoms with Crippen LogP contribution >= 0.6 is 11.6 Å². The van der Waals surface area contributed by atoms with Gasteiger partial charge in [-0.25, -0.2) is 4.79 Å². The molecule has 1 N–H and O–H groups in total. The Morgan fingerprint density at radius 2 is 1.93 bits per heavy atom. The second kappa shape index (κ2) is 6.08. The third-order valence-corrected chi connectivity index (χ3v) is 1.76. The van der Waals surface area contributed by atoms with E-state index in [-0.39, 0.29) is 6.42 Å². The Morgan fingerprint density at radius 1 is 1.40 bits per heavy atom. The molecule has 0 spiro atoms. The van der Waals surface area contributed by atoms with Crippen molar-refractivity contribution in [3.8, 4) is 0 Å². The molecule has 88 valence electrons. The van der Waals surface area contributed by atoms with Crippen LogP contribution in [0.5, 0.6) is 0 Å². The molecule has 1 unspecified atom stereocenters. The average molecular weight is 237 g/mol. The van der Waals surface area contributed by atoms with Crippen LogP contribution in [0.15, 0.2) is 0 Å². The van der Waals surface area contributed by atoms with Gasteiger partial charge in [0.2, 0.25) is 6.10 Å². The van der Waals surface area contributed by atoms with Crippen LogP contribution in [-0.2, 0) is 14.3 Å². The smallest absolute Gasteiger partial charge is 0.343 e. The van der Waals surface area contributed by atoms with Crippen LogP contribution in [0, 0.1) is 0 Å². The van der Waals surface area contributed by atoms with Crippen molar-refractivity contribution in [2.75, 3.05) is 5.88 Å². The van der Waals surface area contributed by atoms with Gasteiger partial charge >= 0.3 is 5.97 Å². The van der Waals surface area contributed by atoms with Gasteiger partial charge in [-0.2, -0.15) is 0 Å². The molecule has 0 radical (unpaired) electrons. The number of aliphatic hydroxyl groups excluding tert-OH is 1. The minimum Gasteiger partial charge on any atom is -0.458 e. The van der Waals surface area contributed by atoms with Gasteiger partial charge in [-0.1, -0.05) is 0 Å². The Hall–Kier alpha value is -0.610. The minimum atomic E-state index is -1.69. The lowest BCUT2D eigenvalue weighted by Gasteiger charge is -2.21. The summed E-state index contributed by atoms with van der Waals surface area (Å²) in [4.78, 5) is 22.5. The first-order valence-corrected chi connectivity index (χ1v) is 5.31. The maximum absolute atomic E-state index is 11.2. The number of aliphatic hydroxyl groups is 1. The van der Waals surface area contributed by atoms with E-state index in [0.29, 0.717) is 12.3 Å². The van der Waals surface area contributed by atoms with Crippen LogP contribution in [0.2, 0.25) is 0 Å². The number of hydrogen-bond acceptors (Lipinski definition) is 4. The fraction of sp³-hybridized carbons (Fsp3) is 0.800. The fourth-order valence-electron chi connectivity index (χ4n) is 0.867. The van der Waals surface area contributed by atoms with Crippen molar-refractivity contribution in [3.05, 3.63) is 0 Å². The Kier molecular flexibility index (Phi) is 5.83. The molecule has 4 nitrogen and oxygen atoms in total. The maximum atomic E-state index is 11.2. The van der Waals surface area contributed by atoms with Gasteiger partial charge in [0, 0.05) is 12.3 Å². The van der Waals surface area contributed by atoms with E-state index in [1.807, 2.05) is 0 Å². The predicted octanol–water partition coefficient (Wildman–Crippen LogP) is 1.28. The first-order chi connectivity index (χ1) is 6.78. The number of hydrogen-bond donors (Lipinski definition) is 1. The number of rotatable bonds is 5. The largest absolute Gasteiger partial charge is 0.458 e. The zero-order valence-electron chi connectivity index (χ0n) is 9.25. The van der Waals surface area contributed by atoms with E-state index in [9.17, 15) is 14.7 Å². The van der Waals surface area contributed by atoms with Gasteiger partial charge in [0.25, 0.3) is 0 Å². The van der Waals surface area contributed by atoms with Gasteiger partial charge in [0.1, 0.15) is 5.60 Å². The monoisotopic (exact) mass is 236 g/mol. The van der Waals surface area contributed by atoms with Crippen molar-refractivity contribution in [1.82, 2.24) is 0 Å². The molecular weight excluding hydrogens is 220 g/mol. The molecule has 0 amide bonds. The Labute approximate surface area is 94.6 Å². The number of esters is 1. The van der Waals surface area contributed by atoms with E-state index in [1.165, 1.54) is 0 Å². The van der Waals surface area contributed by atoms with Crippen LogP contribution in [0.1, 0.15) is 33.6 Å². The molecule has 0 aromatic heterocycles. The Balaban J connectivity index is 4.14. The summed E-state index contributed by atoms with van der Waals surface area (Å²) in [6.07, 6.45) is -1.16. The zero-order valence-corrected chi connectivity index (χ0v) is 10.0. The summed E-state index contributed by atoms with van der Waals surface area (Å²) in [5, 5.41) is 9.31. The highest BCUT2D eigenvalue weighted by atomic mass is 35.5. The van der Waals surface area contributed by atoms with Gasteiger partial charge in [0.15, 0.2) is 5.78 Å². The fourth-order valence-corrected chi connectivity index (χ4v) is 1.00. The summed E-state index contributed by atoms with van der Waals surface area (Å²) in [5.74, 6) is -1.13. The maximum Gasteiger partial charge on any atom is 0.343 e. The second-order valence-corrected chi connectivity index (χ2v) is 4.57. The zero-order chi connectivity index (χ0) is 12.1. The van der Waals surface area contributed by atoms with Gasteiger partial charge in [-0.15, -0.1) is 11.6 Å². The van der Waals surface area contributed by atoms with Gasteiger partial charge in [0.05, 0.1) is 0 Å². The topological polar surface area (TPSA) is 63.6 Å². The highest BCUT2D eigenvalue weighted by Gasteiger charge is 2.28. The van der Waals surface area contributed by atoms with E-state index in [1.54, 1.807) is 20.8 Å². The summed E-state index contributed by atoms with van der Waals surface area (Å²) in [5.41, 5.74) is -0.704. The molecular formula is C10H17ClO4. The number of ether oxygens (including phenoxy) is 1. The quantitative estimate of drug-likeness (QED) is 0.444. The van der Waals surface area contributed by atoms with Crippen molar-refractivity contribution >= 4 is 23.4 Å². The SMILES string of the molecule is CC(C)(C)OC(=O)C(O)C(=O)CCCCl. The molecule has 15 heavy (non-hydrogen) atoms. The molecule has 0 rings (SSSR count). The van der Waals surface area contributed by atoms with Crippen LogP contribution in [-0.4, -0.2) is 34.4 Å². The van der Waals surface area contributed by atoms with Crippen LogP contribution in [0.25, 0.3) is 0 Å². The third-order valence-electron chi connectivity index (χ3n) is 1.49. The number of carbonyl (C=O) groups excluding carboxylic acids is 2. The lowest BCUT2D eigenvalue weighted by Crippen LogP contribution is -2.36. The molecule has 0 heterocycles. The molecule has 0 fully saturated rings. The number of halogens is 1. The van der Waals surface area contributed by atoms with Crippen molar-refractivity contribution in [2.24, 2.45) is 0 Å². The van der Waals surface area contributed by atoms with Crippen molar-refractivity contribution in [2.45, 2.75) is 45.3 Å². The Bertz CT molecular complexity index is 232. The second-order valence-electron chi connectivity index (χ2n) is 4.19. The van der Waals surface area contributed by atoms with Gasteiger partial charge in [-0.05, 0) is 27.2 Å². The molecule has 0 aliphatic heterocycles. The standard InChI is InChI=1S/C10H17ClO4/c1-10(2,3)15-9(14)8(13)7(12)5-4-6-11/h8,13H,4-6H2,1-3H3. The summed E-state index contributed by atoms with van der Waals surface area (Å²) >= 11 is 5.39. The van der Waals surface area contributed by atoms with E-state index in [0.717, 1.165) is 0 Å². The lowest BCUT2D eigenvalue weighted by atomic mass is 10.1. The van der Waals surface area contributed by atoms with Crippen LogP contribution < -0.4 is 0 Å². The molecule has 0 saturated heterocycles. The van der Waals surface area contributed by atoms with Crippen LogP contribution in [0.4, 0.5) is 0 Å². The van der Waals surface area contributed by atoms with E-state index in [4.69, 9.17) is 16.3 Å². The molecule has 0 aromatic rings. The summed E-state index contributed by atoms with van der Waals surface area (Å²) in [6.45, 7) is 5.00. The first kappa shape index (κ1) is 14.4. The lowest BCUT2D eigenvalue weighted by molar-refractivity contribution is -0.167. The minimum absolute atomic E-state index is 0.0872. The molecule has 1 atom stereocenters. The Morgan fingerprint density at radius 3 is 2.33 bits per heavy atom. The van der Waals surface area contributed by atoms with Gasteiger partial charge in [-0.3, -0.25) is 4.79 Å². The average Bonchev–Trinajstić information content (AvgIpc) is 2.10. The third kappa shape index (κ3) is 6.47.